The van der Waals surface area contributed by atoms with Crippen molar-refractivity contribution in [2.75, 3.05) is 30.3 Å². The topological polar surface area (TPSA) is 125 Å². The fraction of sp³-hybridized carbons (Fsp3) is 0.209. The van der Waals surface area contributed by atoms with Crippen molar-refractivity contribution in [1.82, 2.24) is 9.97 Å². The maximum atomic E-state index is 13.5. The van der Waals surface area contributed by atoms with Crippen LogP contribution in [0.2, 0.25) is 0 Å². The van der Waals surface area contributed by atoms with Crippen molar-refractivity contribution in [3.63, 3.8) is 0 Å². The van der Waals surface area contributed by atoms with E-state index in [2.05, 4.69) is 29.9 Å². The molecule has 0 aliphatic heterocycles. The van der Waals surface area contributed by atoms with Gasteiger partial charge in [0.05, 0.1) is 47.6 Å². The van der Waals surface area contributed by atoms with E-state index >= 15 is 0 Å². The van der Waals surface area contributed by atoms with Gasteiger partial charge in [-0.15, -0.1) is 0 Å². The molecule has 6 aromatic rings. The Labute approximate surface area is 321 Å². The quantitative estimate of drug-likeness (QED) is 0.0326. The number of carbonyl (C=O) groups is 1. The van der Waals surface area contributed by atoms with Crippen LogP contribution in [0.1, 0.15) is 43.7 Å². The lowest BCUT2D eigenvalue weighted by Crippen LogP contribution is -2.30. The van der Waals surface area contributed by atoms with E-state index in [-0.39, 0.29) is 16.6 Å². The highest BCUT2D eigenvalue weighted by Crippen LogP contribution is 2.25. The van der Waals surface area contributed by atoms with E-state index in [1.54, 1.807) is 36.4 Å². The molecule has 278 valence electrons. The highest BCUT2D eigenvalue weighted by molar-refractivity contribution is 7.91. The first kappa shape index (κ1) is 38.3. The van der Waals surface area contributed by atoms with Gasteiger partial charge in [0.2, 0.25) is 0 Å². The Kier molecular flexibility index (Phi) is 12.9. The van der Waals surface area contributed by atoms with Gasteiger partial charge in [0.15, 0.2) is 21.0 Å². The monoisotopic (exact) mass is 752 g/mol. The number of anilines is 1. The van der Waals surface area contributed by atoms with E-state index in [0.29, 0.717) is 36.8 Å². The molecule has 0 aliphatic rings. The smallest absolute Gasteiger partial charge is 0.401 e. The van der Waals surface area contributed by atoms with Crippen LogP contribution in [0, 0.1) is 6.57 Å². The largest absolute Gasteiger partial charge is 0.466 e. The number of hydrogen-bond acceptors (Lipinski definition) is 8. The molecule has 2 aromatic heterocycles. The molecule has 0 atom stereocenters. The average Bonchev–Trinajstić information content (AvgIpc) is 3.65. The molecule has 55 heavy (non-hydrogen) atoms. The molecular formula is C43H42N7O4S+. The molecule has 4 aromatic carbocycles. The minimum atomic E-state index is -3.57. The van der Waals surface area contributed by atoms with Crippen molar-refractivity contribution in [3.05, 3.63) is 144 Å². The number of pyridine rings is 1. The van der Waals surface area contributed by atoms with Crippen LogP contribution in [0.3, 0.4) is 0 Å². The Morgan fingerprint density at radius 2 is 1.45 bits per heavy atom. The van der Waals surface area contributed by atoms with E-state index < -0.39 is 9.84 Å². The van der Waals surface area contributed by atoms with E-state index in [1.807, 2.05) is 102 Å². The molecule has 0 saturated carbocycles. The molecule has 1 N–H and O–H groups in total. The number of H-pyrrole nitrogens is 1. The van der Waals surface area contributed by atoms with Crippen LogP contribution in [-0.2, 0) is 19.4 Å². The number of ether oxygens (including phenoxy) is 1. The molecule has 0 unspecified atom stereocenters. The summed E-state index contributed by atoms with van der Waals surface area (Å²) in [5.41, 5.74) is 6.50. The van der Waals surface area contributed by atoms with Gasteiger partial charge in [-0.25, -0.2) is 22.8 Å². The van der Waals surface area contributed by atoms with Gasteiger partial charge < -0.3 is 9.64 Å². The Morgan fingerprint density at radius 1 is 0.818 bits per heavy atom. The molecule has 11 nitrogen and oxygen atoms in total. The fourth-order valence-electron chi connectivity index (χ4n) is 5.86. The summed E-state index contributed by atoms with van der Waals surface area (Å²) >= 11 is 0. The zero-order valence-corrected chi connectivity index (χ0v) is 31.4. The number of benzene rings is 4. The number of fused-ring (bicyclic) bond motifs is 1. The average molecular weight is 753 g/mol. The summed E-state index contributed by atoms with van der Waals surface area (Å²) in [6.07, 6.45) is 11.3. The predicted molar refractivity (Wildman–Crippen MR) is 216 cm³/mol. The molecular weight excluding hydrogens is 711 g/mol. The minimum absolute atomic E-state index is 0.0497. The summed E-state index contributed by atoms with van der Waals surface area (Å²) in [6.45, 7) is 9.89. The van der Waals surface area contributed by atoms with E-state index in [1.165, 1.54) is 6.92 Å². The second-order valence-corrected chi connectivity index (χ2v) is 15.0. The van der Waals surface area contributed by atoms with Crippen LogP contribution in [0.15, 0.2) is 137 Å². The molecule has 0 bridgehead atoms. The van der Waals surface area contributed by atoms with Gasteiger partial charge in [0, 0.05) is 25.7 Å². The summed E-state index contributed by atoms with van der Waals surface area (Å²) in [4.78, 5) is 24.8. The second-order valence-electron chi connectivity index (χ2n) is 12.9. The highest BCUT2D eigenvalue weighted by atomic mass is 32.2. The number of aromatic nitrogens is 3. The zero-order valence-electron chi connectivity index (χ0n) is 30.6. The fourth-order valence-corrected chi connectivity index (χ4v) is 7.11. The lowest BCUT2D eigenvalue weighted by molar-refractivity contribution is -0.603. The zero-order chi connectivity index (χ0) is 38.5. The van der Waals surface area contributed by atoms with Gasteiger partial charge in [-0.2, -0.15) is 10.2 Å². The van der Waals surface area contributed by atoms with Crippen molar-refractivity contribution in [3.8, 4) is 5.95 Å². The summed E-state index contributed by atoms with van der Waals surface area (Å²) in [6, 6.07) is 33.3. The van der Waals surface area contributed by atoms with Crippen LogP contribution in [0.25, 0.3) is 34.0 Å². The molecule has 6 rings (SSSR count). The second kappa shape index (κ2) is 18.5. The molecule has 2 heterocycles. The van der Waals surface area contributed by atoms with Crippen molar-refractivity contribution < 1.29 is 22.5 Å². The number of aromatic amines is 1. The first-order chi connectivity index (χ1) is 26.8. The number of carbonyl (C=O) groups excluding carboxylic acids is 1. The lowest BCUT2D eigenvalue weighted by atomic mass is 10.1. The van der Waals surface area contributed by atoms with Gasteiger partial charge >= 0.3 is 11.9 Å². The summed E-state index contributed by atoms with van der Waals surface area (Å²) in [5.74, 6) is 0.412. The molecule has 0 amide bonds. The Balaban J connectivity index is 1.07. The van der Waals surface area contributed by atoms with Crippen molar-refractivity contribution in [2.45, 2.75) is 37.5 Å². The van der Waals surface area contributed by atoms with Gasteiger partial charge in [-0.05, 0) is 103 Å². The predicted octanol–water partition coefficient (Wildman–Crippen LogP) is 9.38. The third-order valence-electron chi connectivity index (χ3n) is 8.92. The van der Waals surface area contributed by atoms with Gasteiger partial charge in [-0.1, -0.05) is 60.0 Å². The first-order valence-corrected chi connectivity index (χ1v) is 19.8. The van der Waals surface area contributed by atoms with Crippen LogP contribution in [0.5, 0.6) is 0 Å². The molecule has 12 heteroatoms. The number of hydrogen-bond donors (Lipinski definition) is 1. The standard InChI is InChI=1S/C43H42N7O4S/c1-33(51)54-31-8-4-3-7-27-49(39-21-19-38(20-22-39)48-47-37-17-15-36(44-2)16-18-37)30-32-55(52,53)40-23-13-34(14-24-40)11-12-35-25-28-50(29-26-35)43-45-41-9-5-6-10-42(41)46-43/h5-6,9-26,28-29H,3-4,7-8,27,30-32H2,1H3,(H,45,46)/q+1/b12-11+,48-47?. The Morgan fingerprint density at radius 3 is 2.11 bits per heavy atom. The van der Waals surface area contributed by atoms with Gasteiger partial charge in [0.1, 0.15) is 5.52 Å². The molecule has 0 spiro atoms. The van der Waals surface area contributed by atoms with Crippen LogP contribution >= 0.6 is 0 Å². The maximum absolute atomic E-state index is 13.5. The van der Waals surface area contributed by atoms with Gasteiger partial charge in [0.25, 0.3) is 0 Å². The summed E-state index contributed by atoms with van der Waals surface area (Å²) in [5, 5.41) is 8.59. The summed E-state index contributed by atoms with van der Waals surface area (Å²) in [7, 11) is -3.57. The number of nitrogens with one attached hydrogen (secondary N) is 1. The molecule has 0 fully saturated rings. The number of rotatable bonds is 17. The van der Waals surface area contributed by atoms with Crippen molar-refractivity contribution in [1.29, 1.82) is 0 Å². The third kappa shape index (κ3) is 11.0. The minimum Gasteiger partial charge on any atom is -0.466 e. The number of unbranched alkanes of at least 4 members (excludes halogenated alkanes) is 3. The number of nitrogens with zero attached hydrogens (tertiary/aromatic N) is 6. The van der Waals surface area contributed by atoms with Crippen LogP contribution in [0.4, 0.5) is 22.7 Å². The first-order valence-electron chi connectivity index (χ1n) is 18.1. The molecule has 0 radical (unpaired) electrons. The van der Waals surface area contributed by atoms with Crippen molar-refractivity contribution >= 4 is 61.7 Å². The highest BCUT2D eigenvalue weighted by Gasteiger charge is 2.18. The maximum Gasteiger partial charge on any atom is 0.401 e. The molecule has 0 aliphatic carbocycles. The van der Waals surface area contributed by atoms with Crippen LogP contribution < -0.4 is 9.47 Å². The number of para-hydroxylation sites is 2. The van der Waals surface area contributed by atoms with Gasteiger partial charge in [-0.3, -0.25) is 4.79 Å². The van der Waals surface area contributed by atoms with E-state index in [9.17, 15) is 13.2 Å². The number of esters is 1. The Bertz CT molecular complexity index is 2370. The Hall–Kier alpha value is -6.45. The van der Waals surface area contributed by atoms with Crippen LogP contribution in [-0.4, -0.2) is 49.8 Å². The third-order valence-corrected chi connectivity index (χ3v) is 10.6. The van der Waals surface area contributed by atoms with E-state index in [0.717, 1.165) is 59.5 Å². The van der Waals surface area contributed by atoms with Crippen molar-refractivity contribution in [2.24, 2.45) is 10.2 Å². The lowest BCUT2D eigenvalue weighted by Gasteiger charge is -2.25. The number of azo groups is 1. The molecule has 0 saturated heterocycles. The number of imidazole rings is 1. The summed E-state index contributed by atoms with van der Waals surface area (Å²) < 4.78 is 34.1. The number of sulfone groups is 1. The SMILES string of the molecule is [C-]#[N+]c1ccc(N=Nc2ccc(N(CCCCCCOC(C)=O)CCS(=O)(=O)c3ccc(/C=C/c4cc[n+](-c5nc6ccccc6[nH]5)cc4)cc3)cc2)cc1. The normalized spacial score (nSPS) is 11.6. The van der Waals surface area contributed by atoms with E-state index in [4.69, 9.17) is 11.3 Å².